The number of hydrogen-bond acceptors (Lipinski definition) is 3. The van der Waals surface area contributed by atoms with Crippen LogP contribution in [0.5, 0.6) is 5.75 Å². The van der Waals surface area contributed by atoms with Crippen molar-refractivity contribution >= 4 is 27.8 Å². The Bertz CT molecular complexity index is 541. The molecule has 3 nitrogen and oxygen atoms in total. The molecule has 1 N–H and O–H groups in total. The van der Waals surface area contributed by atoms with Crippen molar-refractivity contribution in [3.05, 3.63) is 58.6 Å². The van der Waals surface area contributed by atoms with Gasteiger partial charge in [-0.1, -0.05) is 34.1 Å². The lowest BCUT2D eigenvalue weighted by atomic mass is 10.2. The summed E-state index contributed by atoms with van der Waals surface area (Å²) in [7, 11) is 1.65. The minimum absolute atomic E-state index is 0.805. The zero-order chi connectivity index (χ0) is 12.8. The Morgan fingerprint density at radius 2 is 1.94 bits per heavy atom. The van der Waals surface area contributed by atoms with Gasteiger partial charge in [0.15, 0.2) is 0 Å². The molecule has 0 heterocycles. The molecule has 0 saturated heterocycles. The first kappa shape index (κ1) is 12.6. The maximum atomic E-state index is 5.17. The number of para-hydroxylation sites is 1. The van der Waals surface area contributed by atoms with Crippen LogP contribution in [0.2, 0.25) is 0 Å². The molecule has 2 aromatic rings. The lowest BCUT2D eigenvalue weighted by Gasteiger charge is -2.03. The summed E-state index contributed by atoms with van der Waals surface area (Å²) < 4.78 is 6.15. The van der Waals surface area contributed by atoms with E-state index in [0.717, 1.165) is 21.5 Å². The number of anilines is 1. The second kappa shape index (κ2) is 6.21. The van der Waals surface area contributed by atoms with E-state index in [4.69, 9.17) is 4.74 Å². The highest BCUT2D eigenvalue weighted by atomic mass is 79.9. The van der Waals surface area contributed by atoms with E-state index in [-0.39, 0.29) is 0 Å². The van der Waals surface area contributed by atoms with Gasteiger partial charge in [0.2, 0.25) is 0 Å². The summed E-state index contributed by atoms with van der Waals surface area (Å²) in [6, 6.07) is 15.5. The second-order valence-corrected chi connectivity index (χ2v) is 4.48. The molecule has 0 fully saturated rings. The monoisotopic (exact) mass is 304 g/mol. The molecule has 0 spiro atoms. The number of methoxy groups -OCH3 is 1. The lowest BCUT2D eigenvalue weighted by Crippen LogP contribution is -1.92. The summed E-state index contributed by atoms with van der Waals surface area (Å²) in [4.78, 5) is 0. The summed E-state index contributed by atoms with van der Waals surface area (Å²) in [5.41, 5.74) is 4.87. The highest BCUT2D eigenvalue weighted by Gasteiger charge is 1.99. The number of halogens is 1. The van der Waals surface area contributed by atoms with Crippen molar-refractivity contribution in [1.82, 2.24) is 0 Å². The Morgan fingerprint density at radius 1 is 1.17 bits per heavy atom. The Morgan fingerprint density at radius 3 is 2.67 bits per heavy atom. The van der Waals surface area contributed by atoms with Crippen LogP contribution in [0.25, 0.3) is 0 Å². The van der Waals surface area contributed by atoms with E-state index in [9.17, 15) is 0 Å². The van der Waals surface area contributed by atoms with Crippen molar-refractivity contribution in [3.63, 3.8) is 0 Å². The predicted molar refractivity (Wildman–Crippen MR) is 78.4 cm³/mol. The molecule has 0 aliphatic heterocycles. The lowest BCUT2D eigenvalue weighted by molar-refractivity contribution is 0.414. The van der Waals surface area contributed by atoms with Crippen LogP contribution < -0.4 is 10.2 Å². The maximum Gasteiger partial charge on any atom is 0.119 e. The van der Waals surface area contributed by atoms with Crippen LogP contribution in [0, 0.1) is 0 Å². The fourth-order valence-corrected chi connectivity index (χ4v) is 1.79. The second-order valence-electron chi connectivity index (χ2n) is 3.62. The van der Waals surface area contributed by atoms with Crippen LogP contribution >= 0.6 is 15.9 Å². The standard InChI is InChI=1S/C14H13BrN2O/c1-18-13-7-8-14(15)11(9-13)10-16-17-12-5-3-2-4-6-12/h2-10,17H,1H3. The molecule has 0 saturated carbocycles. The molecular weight excluding hydrogens is 292 g/mol. The molecule has 0 aromatic heterocycles. The first-order chi connectivity index (χ1) is 8.79. The molecule has 92 valence electrons. The number of rotatable bonds is 4. The van der Waals surface area contributed by atoms with Crippen LogP contribution in [0.15, 0.2) is 58.1 Å². The van der Waals surface area contributed by atoms with Gasteiger partial charge in [-0.05, 0) is 30.3 Å². The molecule has 0 aliphatic rings. The zero-order valence-corrected chi connectivity index (χ0v) is 11.5. The summed E-state index contributed by atoms with van der Waals surface area (Å²) in [5.74, 6) is 0.805. The molecule has 4 heteroatoms. The van der Waals surface area contributed by atoms with E-state index >= 15 is 0 Å². The molecule has 0 radical (unpaired) electrons. The predicted octanol–water partition coefficient (Wildman–Crippen LogP) is 3.90. The molecule has 0 atom stereocenters. The number of ether oxygens (including phenoxy) is 1. The first-order valence-electron chi connectivity index (χ1n) is 5.47. The number of hydrogen-bond donors (Lipinski definition) is 1. The van der Waals surface area contributed by atoms with Gasteiger partial charge in [0, 0.05) is 10.0 Å². The minimum atomic E-state index is 0.805. The fraction of sp³-hybridized carbons (Fsp3) is 0.0714. The van der Waals surface area contributed by atoms with Gasteiger partial charge < -0.3 is 4.74 Å². The van der Waals surface area contributed by atoms with Gasteiger partial charge in [-0.3, -0.25) is 5.43 Å². The van der Waals surface area contributed by atoms with E-state index in [1.54, 1.807) is 13.3 Å². The largest absolute Gasteiger partial charge is 0.497 e. The molecule has 0 bridgehead atoms. The van der Waals surface area contributed by atoms with Crippen molar-refractivity contribution in [3.8, 4) is 5.75 Å². The van der Waals surface area contributed by atoms with E-state index in [2.05, 4.69) is 26.5 Å². The summed E-state index contributed by atoms with van der Waals surface area (Å²) in [5, 5.41) is 4.19. The third-order valence-corrected chi connectivity index (χ3v) is 3.10. The summed E-state index contributed by atoms with van der Waals surface area (Å²) >= 11 is 3.47. The number of benzene rings is 2. The fourth-order valence-electron chi connectivity index (χ4n) is 1.44. The van der Waals surface area contributed by atoms with E-state index in [1.807, 2.05) is 48.5 Å². The van der Waals surface area contributed by atoms with Gasteiger partial charge in [0.1, 0.15) is 5.75 Å². The van der Waals surface area contributed by atoms with Gasteiger partial charge in [-0.25, -0.2) is 0 Å². The van der Waals surface area contributed by atoms with Crippen LogP contribution in [0.1, 0.15) is 5.56 Å². The molecule has 0 unspecified atom stereocenters. The highest BCUT2D eigenvalue weighted by Crippen LogP contribution is 2.20. The smallest absolute Gasteiger partial charge is 0.119 e. The maximum absolute atomic E-state index is 5.17. The van der Waals surface area contributed by atoms with Gasteiger partial charge in [0.05, 0.1) is 19.0 Å². The summed E-state index contributed by atoms with van der Waals surface area (Å²) in [6.45, 7) is 0. The number of nitrogens with one attached hydrogen (secondary N) is 1. The Labute approximate surface area is 115 Å². The average Bonchev–Trinajstić information content (AvgIpc) is 2.42. The van der Waals surface area contributed by atoms with Crippen molar-refractivity contribution in [2.75, 3.05) is 12.5 Å². The van der Waals surface area contributed by atoms with Crippen molar-refractivity contribution < 1.29 is 4.74 Å². The minimum Gasteiger partial charge on any atom is -0.497 e. The van der Waals surface area contributed by atoms with Gasteiger partial charge in [-0.2, -0.15) is 5.10 Å². The third kappa shape index (κ3) is 3.34. The van der Waals surface area contributed by atoms with Gasteiger partial charge >= 0.3 is 0 Å². The van der Waals surface area contributed by atoms with Crippen molar-refractivity contribution in [1.29, 1.82) is 0 Å². The number of nitrogens with zero attached hydrogens (tertiary/aromatic N) is 1. The molecular formula is C14H13BrN2O. The van der Waals surface area contributed by atoms with Gasteiger partial charge in [-0.15, -0.1) is 0 Å². The van der Waals surface area contributed by atoms with E-state index in [0.29, 0.717) is 0 Å². The normalized spacial score (nSPS) is 10.6. The van der Waals surface area contributed by atoms with Crippen LogP contribution in [-0.2, 0) is 0 Å². The Kier molecular flexibility index (Phi) is 4.36. The van der Waals surface area contributed by atoms with Gasteiger partial charge in [0.25, 0.3) is 0 Å². The highest BCUT2D eigenvalue weighted by molar-refractivity contribution is 9.10. The zero-order valence-electron chi connectivity index (χ0n) is 9.93. The van der Waals surface area contributed by atoms with E-state index < -0.39 is 0 Å². The molecule has 0 aliphatic carbocycles. The van der Waals surface area contributed by atoms with Crippen LogP contribution in [0.4, 0.5) is 5.69 Å². The Hall–Kier alpha value is -1.81. The summed E-state index contributed by atoms with van der Waals surface area (Å²) in [6.07, 6.45) is 1.75. The van der Waals surface area contributed by atoms with E-state index in [1.165, 1.54) is 0 Å². The molecule has 2 aromatic carbocycles. The molecule has 0 amide bonds. The quantitative estimate of drug-likeness (QED) is 0.686. The average molecular weight is 305 g/mol. The Balaban J connectivity index is 2.09. The third-order valence-electron chi connectivity index (χ3n) is 2.37. The van der Waals surface area contributed by atoms with Crippen molar-refractivity contribution in [2.24, 2.45) is 5.10 Å². The molecule has 18 heavy (non-hydrogen) atoms. The number of hydrazone groups is 1. The van der Waals surface area contributed by atoms with Crippen molar-refractivity contribution in [2.45, 2.75) is 0 Å². The van der Waals surface area contributed by atoms with Crippen LogP contribution in [0.3, 0.4) is 0 Å². The topological polar surface area (TPSA) is 33.6 Å². The van der Waals surface area contributed by atoms with Crippen LogP contribution in [-0.4, -0.2) is 13.3 Å². The first-order valence-corrected chi connectivity index (χ1v) is 6.26. The SMILES string of the molecule is COc1ccc(Br)c(C=NNc2ccccc2)c1. The molecule has 2 rings (SSSR count).